The number of anilines is 1. The standard InChI is InChI=1S/C29H28N4O3/c30-22(11-21-15-32-26-4-2-1-3-24(21)26)17-36-23-12-20(14-31-16-23)19-5-6-27-25(13-19)28(29(34)33-27)18-7-9-35-10-8-18/h1-6,12-16,22,32H,7-11,17,30H2,(H,33,34)/t22-/m1/s1. The molecule has 0 unspecified atom stereocenters. The van der Waals surface area contributed by atoms with Crippen LogP contribution in [-0.4, -0.2) is 41.7 Å². The first-order chi connectivity index (χ1) is 17.7. The second-order valence-corrected chi connectivity index (χ2v) is 9.35. The average Bonchev–Trinajstić information content (AvgIpc) is 3.47. The third-order valence-corrected chi connectivity index (χ3v) is 6.88. The number of hydrogen-bond acceptors (Lipinski definition) is 5. The molecule has 182 valence electrons. The highest BCUT2D eigenvalue weighted by atomic mass is 16.5. The predicted molar refractivity (Wildman–Crippen MR) is 141 cm³/mol. The molecule has 7 nitrogen and oxygen atoms in total. The third kappa shape index (κ3) is 4.39. The third-order valence-electron chi connectivity index (χ3n) is 6.88. The highest BCUT2D eigenvalue weighted by Crippen LogP contribution is 2.39. The van der Waals surface area contributed by atoms with Gasteiger partial charge in [-0.05, 0) is 54.7 Å². The van der Waals surface area contributed by atoms with Gasteiger partial charge in [-0.25, -0.2) is 0 Å². The van der Waals surface area contributed by atoms with E-state index < -0.39 is 0 Å². The molecule has 4 N–H and O–H groups in total. The van der Waals surface area contributed by atoms with Crippen LogP contribution in [0.1, 0.15) is 24.0 Å². The van der Waals surface area contributed by atoms with Crippen LogP contribution in [-0.2, 0) is 16.0 Å². The summed E-state index contributed by atoms with van der Waals surface area (Å²) in [5, 5.41) is 4.19. The van der Waals surface area contributed by atoms with Crippen LogP contribution in [0.4, 0.5) is 5.69 Å². The Labute approximate surface area is 209 Å². The normalized spacial score (nSPS) is 16.2. The minimum Gasteiger partial charge on any atom is -0.490 e. The van der Waals surface area contributed by atoms with Crippen molar-refractivity contribution in [1.82, 2.24) is 9.97 Å². The number of aromatic nitrogens is 2. The van der Waals surface area contributed by atoms with Crippen molar-refractivity contribution in [1.29, 1.82) is 0 Å². The maximum Gasteiger partial charge on any atom is 0.256 e. The lowest BCUT2D eigenvalue weighted by Crippen LogP contribution is -2.30. The summed E-state index contributed by atoms with van der Waals surface area (Å²) in [6, 6.07) is 16.1. The Balaban J connectivity index is 1.18. The van der Waals surface area contributed by atoms with Crippen LogP contribution in [0.2, 0.25) is 0 Å². The fraction of sp³-hybridized carbons (Fsp3) is 0.241. The lowest BCUT2D eigenvalue weighted by molar-refractivity contribution is -0.110. The van der Waals surface area contributed by atoms with E-state index in [1.807, 2.05) is 42.7 Å². The van der Waals surface area contributed by atoms with E-state index in [0.717, 1.165) is 51.9 Å². The number of ether oxygens (including phenoxy) is 2. The van der Waals surface area contributed by atoms with Gasteiger partial charge in [0.15, 0.2) is 0 Å². The molecular formula is C29H28N4O3. The number of rotatable bonds is 6. The summed E-state index contributed by atoms with van der Waals surface area (Å²) in [5.41, 5.74) is 14.4. The number of hydrogen-bond donors (Lipinski definition) is 3. The first-order valence-corrected chi connectivity index (χ1v) is 12.3. The zero-order chi connectivity index (χ0) is 24.5. The van der Waals surface area contributed by atoms with Gasteiger partial charge in [0.2, 0.25) is 0 Å². The lowest BCUT2D eigenvalue weighted by Gasteiger charge is -2.17. The molecule has 0 aliphatic carbocycles. The number of aromatic amines is 1. The van der Waals surface area contributed by atoms with Gasteiger partial charge in [0.1, 0.15) is 12.4 Å². The van der Waals surface area contributed by atoms with Crippen LogP contribution in [0.3, 0.4) is 0 Å². The van der Waals surface area contributed by atoms with Crippen molar-refractivity contribution in [2.24, 2.45) is 5.73 Å². The number of benzene rings is 2. The van der Waals surface area contributed by atoms with E-state index in [4.69, 9.17) is 15.2 Å². The highest BCUT2D eigenvalue weighted by Gasteiger charge is 2.28. The maximum atomic E-state index is 12.7. The number of carbonyl (C=O) groups excluding carboxylic acids is 1. The largest absolute Gasteiger partial charge is 0.490 e. The smallest absolute Gasteiger partial charge is 0.256 e. The molecule has 2 aliphatic rings. The van der Waals surface area contributed by atoms with E-state index in [1.165, 1.54) is 10.9 Å². The zero-order valence-electron chi connectivity index (χ0n) is 19.9. The van der Waals surface area contributed by atoms with Crippen molar-refractivity contribution in [2.45, 2.75) is 25.3 Å². The molecule has 2 aromatic carbocycles. The number of carbonyl (C=O) groups is 1. The fourth-order valence-electron chi connectivity index (χ4n) is 5.07. The molecule has 36 heavy (non-hydrogen) atoms. The quantitative estimate of drug-likeness (QED) is 0.347. The molecule has 1 fully saturated rings. The second-order valence-electron chi connectivity index (χ2n) is 9.35. The Morgan fingerprint density at radius 1 is 1.06 bits per heavy atom. The number of amides is 1. The molecule has 4 heterocycles. The van der Waals surface area contributed by atoms with Crippen molar-refractivity contribution < 1.29 is 14.3 Å². The topological polar surface area (TPSA) is 102 Å². The van der Waals surface area contributed by atoms with E-state index in [0.29, 0.717) is 32.0 Å². The van der Waals surface area contributed by atoms with Crippen LogP contribution in [0, 0.1) is 0 Å². The SMILES string of the molecule is N[C@@H](COc1cncc(-c2ccc3c(c2)C(=C2CCOCC2)C(=O)N3)c1)Cc1c[nH]c2ccccc12. The Hall–Kier alpha value is -3.94. The molecule has 2 aliphatic heterocycles. The van der Waals surface area contributed by atoms with Crippen LogP contribution in [0.25, 0.3) is 27.6 Å². The zero-order valence-corrected chi connectivity index (χ0v) is 19.9. The lowest BCUT2D eigenvalue weighted by atomic mass is 9.94. The van der Waals surface area contributed by atoms with Crippen LogP contribution in [0.5, 0.6) is 5.75 Å². The Bertz CT molecular complexity index is 1460. The summed E-state index contributed by atoms with van der Waals surface area (Å²) in [7, 11) is 0. The molecule has 4 aromatic rings. The predicted octanol–water partition coefficient (Wildman–Crippen LogP) is 4.69. The van der Waals surface area contributed by atoms with E-state index >= 15 is 0 Å². The molecule has 1 saturated heterocycles. The number of fused-ring (bicyclic) bond motifs is 2. The number of H-pyrrole nitrogens is 1. The van der Waals surface area contributed by atoms with Crippen molar-refractivity contribution in [3.05, 3.63) is 83.8 Å². The summed E-state index contributed by atoms with van der Waals surface area (Å²) in [6.07, 6.45) is 7.82. The molecule has 1 amide bonds. The van der Waals surface area contributed by atoms with Gasteiger partial charge in [-0.15, -0.1) is 0 Å². The van der Waals surface area contributed by atoms with E-state index in [9.17, 15) is 4.79 Å². The van der Waals surface area contributed by atoms with Gasteiger partial charge in [-0.3, -0.25) is 9.78 Å². The van der Waals surface area contributed by atoms with Gasteiger partial charge in [0.05, 0.1) is 19.4 Å². The molecule has 2 aromatic heterocycles. The fourth-order valence-corrected chi connectivity index (χ4v) is 5.07. The molecule has 0 spiro atoms. The molecule has 6 rings (SSSR count). The van der Waals surface area contributed by atoms with Crippen LogP contribution in [0.15, 0.2) is 72.7 Å². The molecule has 1 atom stereocenters. The molecule has 7 heteroatoms. The van der Waals surface area contributed by atoms with Crippen LogP contribution < -0.4 is 15.8 Å². The number of nitrogens with one attached hydrogen (secondary N) is 2. The van der Waals surface area contributed by atoms with Gasteiger partial charge >= 0.3 is 0 Å². The summed E-state index contributed by atoms with van der Waals surface area (Å²) in [4.78, 5) is 20.4. The summed E-state index contributed by atoms with van der Waals surface area (Å²) in [6.45, 7) is 1.70. The van der Waals surface area contributed by atoms with Gasteiger partial charge in [-0.2, -0.15) is 0 Å². The molecule has 0 bridgehead atoms. The monoisotopic (exact) mass is 480 g/mol. The number of para-hydroxylation sites is 1. The minimum atomic E-state index is -0.154. The second kappa shape index (κ2) is 9.60. The first-order valence-electron chi connectivity index (χ1n) is 12.3. The first kappa shape index (κ1) is 22.5. The van der Waals surface area contributed by atoms with Gasteiger partial charge in [-0.1, -0.05) is 29.8 Å². The highest BCUT2D eigenvalue weighted by molar-refractivity contribution is 6.32. The van der Waals surface area contributed by atoms with Crippen molar-refractivity contribution in [3.8, 4) is 16.9 Å². The summed E-state index contributed by atoms with van der Waals surface area (Å²) < 4.78 is 11.5. The minimum absolute atomic E-state index is 0.0292. The number of nitrogens with two attached hydrogens (primary N) is 1. The van der Waals surface area contributed by atoms with Crippen molar-refractivity contribution >= 4 is 28.1 Å². The summed E-state index contributed by atoms with van der Waals surface area (Å²) in [5.74, 6) is 0.637. The number of pyridine rings is 1. The van der Waals surface area contributed by atoms with E-state index in [-0.39, 0.29) is 11.9 Å². The van der Waals surface area contributed by atoms with Gasteiger partial charge in [0, 0.05) is 51.7 Å². The van der Waals surface area contributed by atoms with E-state index in [2.05, 4.69) is 33.5 Å². The molecular weight excluding hydrogens is 452 g/mol. The average molecular weight is 481 g/mol. The van der Waals surface area contributed by atoms with Crippen molar-refractivity contribution in [3.63, 3.8) is 0 Å². The molecule has 0 radical (unpaired) electrons. The van der Waals surface area contributed by atoms with Crippen molar-refractivity contribution in [2.75, 3.05) is 25.1 Å². The van der Waals surface area contributed by atoms with Gasteiger partial charge < -0.3 is 25.5 Å². The Morgan fingerprint density at radius 3 is 2.81 bits per heavy atom. The Morgan fingerprint density at radius 2 is 1.92 bits per heavy atom. The Kier molecular flexibility index (Phi) is 6.01. The summed E-state index contributed by atoms with van der Waals surface area (Å²) >= 11 is 0. The van der Waals surface area contributed by atoms with E-state index in [1.54, 1.807) is 6.20 Å². The number of nitrogens with zero attached hydrogens (tertiary/aromatic N) is 1. The van der Waals surface area contributed by atoms with Gasteiger partial charge in [0.25, 0.3) is 5.91 Å². The molecule has 0 saturated carbocycles. The maximum absolute atomic E-state index is 12.7. The van der Waals surface area contributed by atoms with Crippen LogP contribution >= 0.6 is 0 Å².